The zero-order valence-corrected chi connectivity index (χ0v) is 15.7. The fourth-order valence-electron chi connectivity index (χ4n) is 3.39. The van der Waals surface area contributed by atoms with Gasteiger partial charge in [-0.25, -0.2) is 9.69 Å². The zero-order valence-electron chi connectivity index (χ0n) is 14.9. The Morgan fingerprint density at radius 3 is 2.32 bits per heavy atom. The van der Waals surface area contributed by atoms with E-state index in [0.29, 0.717) is 40.1 Å². The molecule has 2 aliphatic rings. The third kappa shape index (κ3) is 4.49. The second-order valence-corrected chi connectivity index (χ2v) is 7.66. The van der Waals surface area contributed by atoms with Crippen molar-refractivity contribution in [2.75, 3.05) is 11.9 Å². The van der Waals surface area contributed by atoms with Gasteiger partial charge in [-0.2, -0.15) is 8.78 Å². The quantitative estimate of drug-likeness (QED) is 0.442. The van der Waals surface area contributed by atoms with E-state index in [2.05, 4.69) is 5.32 Å². The number of carbonyl (C=O) groups excluding carboxylic acids is 4. The molecule has 0 radical (unpaired) electrons. The lowest BCUT2D eigenvalue weighted by Gasteiger charge is -2.28. The number of imide groups is 2. The molecular formula is C18H19F2N3O4S. The second kappa shape index (κ2) is 8.68. The first-order valence-corrected chi connectivity index (χ1v) is 9.78. The van der Waals surface area contributed by atoms with Crippen LogP contribution in [0.25, 0.3) is 0 Å². The summed E-state index contributed by atoms with van der Waals surface area (Å²) in [6, 6.07) is 4.66. The number of nitrogens with one attached hydrogen (secondary N) is 1. The van der Waals surface area contributed by atoms with Crippen LogP contribution in [-0.2, 0) is 14.4 Å². The number of halogens is 2. The van der Waals surface area contributed by atoms with Gasteiger partial charge in [-0.1, -0.05) is 31.0 Å². The number of carbonyl (C=O) groups is 4. The van der Waals surface area contributed by atoms with Crippen LogP contribution < -0.4 is 5.32 Å². The van der Waals surface area contributed by atoms with E-state index >= 15 is 0 Å². The van der Waals surface area contributed by atoms with E-state index in [1.54, 1.807) is 0 Å². The molecule has 1 N–H and O–H groups in total. The molecule has 5 amide bonds. The summed E-state index contributed by atoms with van der Waals surface area (Å²) in [6.45, 7) is -0.583. The maximum atomic E-state index is 12.5. The third-order valence-electron chi connectivity index (χ3n) is 4.69. The lowest BCUT2D eigenvalue weighted by atomic mass is 9.94. The predicted octanol–water partition coefficient (Wildman–Crippen LogP) is 3.06. The lowest BCUT2D eigenvalue weighted by Crippen LogP contribution is -2.43. The third-order valence-corrected chi connectivity index (χ3v) is 5.41. The van der Waals surface area contributed by atoms with Gasteiger partial charge in [0.25, 0.3) is 5.76 Å². The minimum atomic E-state index is -2.54. The molecule has 0 unspecified atom stereocenters. The number of thioether (sulfide) groups is 1. The smallest absolute Gasteiger partial charge is 0.325 e. The molecule has 1 heterocycles. The fraction of sp³-hybridized carbons (Fsp3) is 0.444. The van der Waals surface area contributed by atoms with Gasteiger partial charge in [0.2, 0.25) is 5.91 Å². The highest BCUT2D eigenvalue weighted by atomic mass is 32.2. The molecule has 0 bridgehead atoms. The topological polar surface area (TPSA) is 86.8 Å². The van der Waals surface area contributed by atoms with Gasteiger partial charge in [-0.15, -0.1) is 0 Å². The number of alkyl halides is 2. The van der Waals surface area contributed by atoms with Crippen molar-refractivity contribution >= 4 is 41.2 Å². The Morgan fingerprint density at radius 2 is 1.71 bits per heavy atom. The summed E-state index contributed by atoms with van der Waals surface area (Å²) >= 11 is 0.380. The first kappa shape index (κ1) is 20.2. The molecule has 1 aliphatic heterocycles. The summed E-state index contributed by atoms with van der Waals surface area (Å²) in [5.74, 6) is -5.10. The molecule has 1 aromatic carbocycles. The van der Waals surface area contributed by atoms with Gasteiger partial charge >= 0.3 is 17.8 Å². The molecule has 1 saturated heterocycles. The minimum Gasteiger partial charge on any atom is -0.325 e. The van der Waals surface area contributed by atoms with Gasteiger partial charge in [-0.05, 0) is 37.1 Å². The van der Waals surface area contributed by atoms with Gasteiger partial charge in [0.05, 0.1) is 0 Å². The van der Waals surface area contributed by atoms with Gasteiger partial charge in [0, 0.05) is 16.6 Å². The summed E-state index contributed by atoms with van der Waals surface area (Å²) in [4.78, 5) is 51.1. The molecule has 1 aliphatic carbocycles. The minimum absolute atomic E-state index is 0.300. The van der Waals surface area contributed by atoms with Crippen molar-refractivity contribution in [2.45, 2.75) is 48.8 Å². The highest BCUT2D eigenvalue weighted by molar-refractivity contribution is 7.99. The molecular weight excluding hydrogens is 392 g/mol. The van der Waals surface area contributed by atoms with Crippen LogP contribution in [0, 0.1) is 0 Å². The van der Waals surface area contributed by atoms with E-state index in [-0.39, 0.29) is 6.04 Å². The van der Waals surface area contributed by atoms with Crippen LogP contribution in [0.15, 0.2) is 29.2 Å². The molecule has 1 saturated carbocycles. The van der Waals surface area contributed by atoms with Crippen molar-refractivity contribution < 1.29 is 28.0 Å². The van der Waals surface area contributed by atoms with Crippen molar-refractivity contribution in [1.82, 2.24) is 9.80 Å². The van der Waals surface area contributed by atoms with Crippen LogP contribution >= 0.6 is 11.8 Å². The van der Waals surface area contributed by atoms with Gasteiger partial charge < -0.3 is 5.32 Å². The molecule has 150 valence electrons. The number of anilines is 1. The molecule has 0 aromatic heterocycles. The van der Waals surface area contributed by atoms with E-state index in [1.165, 1.54) is 24.3 Å². The molecule has 1 aromatic rings. The SMILES string of the molecule is O=C(CN1C(=O)C(=O)N(C2CCCCC2)C1=O)Nc1ccc(SC(F)F)cc1. The monoisotopic (exact) mass is 411 g/mol. The number of hydrogen-bond acceptors (Lipinski definition) is 5. The number of urea groups is 1. The van der Waals surface area contributed by atoms with Crippen LogP contribution in [0.3, 0.4) is 0 Å². The summed E-state index contributed by atoms with van der Waals surface area (Å²) in [5, 5.41) is 2.49. The summed E-state index contributed by atoms with van der Waals surface area (Å²) in [7, 11) is 0. The fourth-order valence-corrected chi connectivity index (χ4v) is 3.89. The predicted molar refractivity (Wildman–Crippen MR) is 97.8 cm³/mol. The Labute approximate surface area is 164 Å². The van der Waals surface area contributed by atoms with Gasteiger partial charge in [-0.3, -0.25) is 19.3 Å². The molecule has 28 heavy (non-hydrogen) atoms. The van der Waals surface area contributed by atoms with E-state index in [1.807, 2.05) is 0 Å². The molecule has 3 rings (SSSR count). The Bertz CT molecular complexity index is 782. The van der Waals surface area contributed by atoms with Crippen molar-refractivity contribution in [3.05, 3.63) is 24.3 Å². The normalized spacial score (nSPS) is 18.3. The maximum absolute atomic E-state index is 12.5. The van der Waals surface area contributed by atoms with Crippen LogP contribution in [0.5, 0.6) is 0 Å². The Morgan fingerprint density at radius 1 is 1.07 bits per heavy atom. The molecule has 0 spiro atoms. The largest absolute Gasteiger partial charge is 0.334 e. The number of amides is 5. The molecule has 2 fully saturated rings. The van der Waals surface area contributed by atoms with Crippen LogP contribution in [0.2, 0.25) is 0 Å². The zero-order chi connectivity index (χ0) is 20.3. The van der Waals surface area contributed by atoms with Crippen molar-refractivity contribution in [3.63, 3.8) is 0 Å². The van der Waals surface area contributed by atoms with Crippen molar-refractivity contribution in [1.29, 1.82) is 0 Å². The van der Waals surface area contributed by atoms with E-state index in [4.69, 9.17) is 0 Å². The molecule has 10 heteroatoms. The summed E-state index contributed by atoms with van der Waals surface area (Å²) in [5.41, 5.74) is 0.332. The average molecular weight is 411 g/mol. The van der Waals surface area contributed by atoms with E-state index in [0.717, 1.165) is 24.2 Å². The van der Waals surface area contributed by atoms with Crippen LogP contribution in [0.4, 0.5) is 19.3 Å². The average Bonchev–Trinajstić information content (AvgIpc) is 2.87. The molecule has 7 nitrogen and oxygen atoms in total. The first-order chi connectivity index (χ1) is 13.4. The van der Waals surface area contributed by atoms with Gasteiger partial charge in [0.15, 0.2) is 0 Å². The Balaban J connectivity index is 1.61. The highest BCUT2D eigenvalue weighted by Crippen LogP contribution is 2.28. The second-order valence-electron chi connectivity index (χ2n) is 6.59. The number of benzene rings is 1. The first-order valence-electron chi connectivity index (χ1n) is 8.90. The highest BCUT2D eigenvalue weighted by Gasteiger charge is 2.48. The van der Waals surface area contributed by atoms with Gasteiger partial charge in [0.1, 0.15) is 6.54 Å². The number of nitrogens with zero attached hydrogens (tertiary/aromatic N) is 2. The van der Waals surface area contributed by atoms with E-state index in [9.17, 15) is 28.0 Å². The lowest BCUT2D eigenvalue weighted by molar-refractivity contribution is -0.144. The van der Waals surface area contributed by atoms with E-state index < -0.39 is 36.1 Å². The summed E-state index contributed by atoms with van der Waals surface area (Å²) < 4.78 is 24.6. The standard InChI is InChI=1S/C18H19F2N3O4S/c19-17(20)28-13-8-6-11(7-9-13)21-14(24)10-22-15(25)16(26)23(18(22)27)12-4-2-1-3-5-12/h6-9,12,17H,1-5,10H2,(H,21,24). The maximum Gasteiger partial charge on any atom is 0.334 e. The molecule has 0 atom stereocenters. The number of hydrogen-bond donors (Lipinski definition) is 1. The van der Waals surface area contributed by atoms with Crippen molar-refractivity contribution in [3.8, 4) is 0 Å². The Hall–Kier alpha value is -2.49. The Kier molecular flexibility index (Phi) is 6.28. The van der Waals surface area contributed by atoms with Crippen molar-refractivity contribution in [2.24, 2.45) is 0 Å². The number of rotatable bonds is 6. The van der Waals surface area contributed by atoms with Crippen LogP contribution in [0.1, 0.15) is 32.1 Å². The van der Waals surface area contributed by atoms with Crippen LogP contribution in [-0.4, -0.2) is 51.9 Å². The summed E-state index contributed by atoms with van der Waals surface area (Å²) in [6.07, 6.45) is 4.12.